The lowest BCUT2D eigenvalue weighted by molar-refractivity contribution is -0.123. The van der Waals surface area contributed by atoms with Gasteiger partial charge in [0.1, 0.15) is 5.75 Å². The van der Waals surface area contributed by atoms with Crippen molar-refractivity contribution in [3.8, 4) is 17.2 Å². The summed E-state index contributed by atoms with van der Waals surface area (Å²) in [5, 5.41) is 21.4. The van der Waals surface area contributed by atoms with Crippen molar-refractivity contribution in [2.24, 2.45) is 0 Å². The molecule has 2 rings (SSSR count). The zero-order valence-electron chi connectivity index (χ0n) is 13.3. The Kier molecular flexibility index (Phi) is 5.46. The first-order chi connectivity index (χ1) is 11.0. The highest BCUT2D eigenvalue weighted by Gasteiger charge is 2.07. The number of rotatable bonds is 6. The number of aryl methyl sites for hydroxylation is 2. The van der Waals surface area contributed by atoms with Gasteiger partial charge in [-0.1, -0.05) is 24.3 Å². The van der Waals surface area contributed by atoms with Crippen molar-refractivity contribution in [1.82, 2.24) is 5.32 Å². The average Bonchev–Trinajstić information content (AvgIpc) is 2.50. The van der Waals surface area contributed by atoms with Gasteiger partial charge in [0.2, 0.25) is 0 Å². The van der Waals surface area contributed by atoms with Crippen molar-refractivity contribution in [2.45, 2.75) is 20.3 Å². The van der Waals surface area contributed by atoms with Gasteiger partial charge in [-0.25, -0.2) is 0 Å². The summed E-state index contributed by atoms with van der Waals surface area (Å²) >= 11 is 0. The Morgan fingerprint density at radius 1 is 1.09 bits per heavy atom. The Labute approximate surface area is 135 Å². The second kappa shape index (κ2) is 7.54. The zero-order valence-corrected chi connectivity index (χ0v) is 13.3. The third-order valence-corrected chi connectivity index (χ3v) is 3.53. The van der Waals surface area contributed by atoms with Crippen LogP contribution in [0.3, 0.4) is 0 Å². The number of hydrogen-bond acceptors (Lipinski definition) is 4. The molecule has 2 aromatic rings. The molecule has 5 nitrogen and oxygen atoms in total. The van der Waals surface area contributed by atoms with E-state index in [4.69, 9.17) is 4.74 Å². The first-order valence-corrected chi connectivity index (χ1v) is 7.44. The van der Waals surface area contributed by atoms with Gasteiger partial charge < -0.3 is 20.3 Å². The number of nitrogens with one attached hydrogen (secondary N) is 1. The van der Waals surface area contributed by atoms with E-state index in [1.807, 2.05) is 32.0 Å². The van der Waals surface area contributed by atoms with Gasteiger partial charge in [0.25, 0.3) is 5.91 Å². The Balaban J connectivity index is 1.78. The Morgan fingerprint density at radius 3 is 2.43 bits per heavy atom. The van der Waals surface area contributed by atoms with E-state index in [9.17, 15) is 15.0 Å². The molecule has 0 atom stereocenters. The van der Waals surface area contributed by atoms with Gasteiger partial charge in [-0.3, -0.25) is 4.79 Å². The zero-order chi connectivity index (χ0) is 16.8. The molecule has 0 fully saturated rings. The smallest absolute Gasteiger partial charge is 0.257 e. The number of phenols is 2. The molecule has 0 aliphatic carbocycles. The maximum atomic E-state index is 11.8. The van der Waals surface area contributed by atoms with Gasteiger partial charge in [0.05, 0.1) is 0 Å². The standard InChI is InChI=1S/C18H21NO4/c1-12-4-3-5-13(2)18(12)23-11-17(22)19-9-8-14-6-7-15(20)16(21)10-14/h3-7,10,20-21H,8-9,11H2,1-2H3,(H,19,22). The second-order valence-electron chi connectivity index (χ2n) is 5.43. The number of hydrogen-bond donors (Lipinski definition) is 3. The Bertz CT molecular complexity index is 677. The molecular formula is C18H21NO4. The Hall–Kier alpha value is -2.69. The van der Waals surface area contributed by atoms with E-state index < -0.39 is 0 Å². The van der Waals surface area contributed by atoms with Crippen LogP contribution in [0.4, 0.5) is 0 Å². The van der Waals surface area contributed by atoms with Crippen LogP contribution < -0.4 is 10.1 Å². The first kappa shape index (κ1) is 16.7. The topological polar surface area (TPSA) is 78.8 Å². The van der Waals surface area contributed by atoms with Crippen molar-refractivity contribution < 1.29 is 19.7 Å². The van der Waals surface area contributed by atoms with E-state index in [0.717, 1.165) is 22.4 Å². The number of benzene rings is 2. The predicted octanol–water partition coefficient (Wildman–Crippen LogP) is 2.45. The fraction of sp³-hybridized carbons (Fsp3) is 0.278. The van der Waals surface area contributed by atoms with Crippen LogP contribution in [0.1, 0.15) is 16.7 Å². The molecule has 0 aliphatic heterocycles. The van der Waals surface area contributed by atoms with Crippen molar-refractivity contribution in [3.63, 3.8) is 0 Å². The monoisotopic (exact) mass is 315 g/mol. The van der Waals surface area contributed by atoms with Crippen LogP contribution in [0.25, 0.3) is 0 Å². The number of aromatic hydroxyl groups is 2. The summed E-state index contributed by atoms with van der Waals surface area (Å²) in [6, 6.07) is 10.4. The van der Waals surface area contributed by atoms with Crippen molar-refractivity contribution in [3.05, 3.63) is 53.1 Å². The summed E-state index contributed by atoms with van der Waals surface area (Å²) < 4.78 is 5.58. The number of carbonyl (C=O) groups is 1. The molecule has 0 aromatic heterocycles. The van der Waals surface area contributed by atoms with Crippen LogP contribution in [-0.4, -0.2) is 29.3 Å². The van der Waals surface area contributed by atoms with E-state index in [-0.39, 0.29) is 24.0 Å². The highest BCUT2D eigenvalue weighted by Crippen LogP contribution is 2.25. The molecule has 0 aliphatic rings. The van der Waals surface area contributed by atoms with E-state index in [2.05, 4.69) is 5.32 Å². The lowest BCUT2D eigenvalue weighted by Gasteiger charge is -2.12. The fourth-order valence-corrected chi connectivity index (χ4v) is 2.29. The minimum absolute atomic E-state index is 0.0352. The predicted molar refractivity (Wildman–Crippen MR) is 87.9 cm³/mol. The summed E-state index contributed by atoms with van der Waals surface area (Å²) in [5.74, 6) is 0.230. The van der Waals surface area contributed by atoms with E-state index in [0.29, 0.717) is 13.0 Å². The minimum Gasteiger partial charge on any atom is -0.504 e. The molecule has 0 spiro atoms. The molecule has 2 aromatic carbocycles. The van der Waals surface area contributed by atoms with Crippen LogP contribution >= 0.6 is 0 Å². The van der Waals surface area contributed by atoms with Gasteiger partial charge in [-0.2, -0.15) is 0 Å². The second-order valence-corrected chi connectivity index (χ2v) is 5.43. The highest BCUT2D eigenvalue weighted by atomic mass is 16.5. The SMILES string of the molecule is Cc1cccc(C)c1OCC(=O)NCCc1ccc(O)c(O)c1. The molecule has 1 amide bonds. The molecule has 23 heavy (non-hydrogen) atoms. The van der Waals surface area contributed by atoms with Crippen molar-refractivity contribution in [1.29, 1.82) is 0 Å². The lowest BCUT2D eigenvalue weighted by atomic mass is 10.1. The quantitative estimate of drug-likeness (QED) is 0.716. The molecule has 0 unspecified atom stereocenters. The number of amides is 1. The molecule has 0 saturated heterocycles. The lowest BCUT2D eigenvalue weighted by Crippen LogP contribution is -2.30. The first-order valence-electron chi connectivity index (χ1n) is 7.44. The average molecular weight is 315 g/mol. The minimum atomic E-state index is -0.198. The van der Waals surface area contributed by atoms with Crippen LogP contribution in [0.15, 0.2) is 36.4 Å². The third-order valence-electron chi connectivity index (χ3n) is 3.53. The van der Waals surface area contributed by atoms with Crippen LogP contribution in [0.5, 0.6) is 17.2 Å². The maximum absolute atomic E-state index is 11.8. The molecule has 0 radical (unpaired) electrons. The summed E-state index contributed by atoms with van der Waals surface area (Å²) in [6.07, 6.45) is 0.559. The molecular weight excluding hydrogens is 294 g/mol. The number of carbonyl (C=O) groups excluding carboxylic acids is 1. The molecule has 0 saturated carbocycles. The molecule has 122 valence electrons. The van der Waals surface area contributed by atoms with Gasteiger partial charge >= 0.3 is 0 Å². The molecule has 0 heterocycles. The summed E-state index contributed by atoms with van der Waals surface area (Å²) in [7, 11) is 0. The number of para-hydroxylation sites is 1. The highest BCUT2D eigenvalue weighted by molar-refractivity contribution is 5.77. The van der Waals surface area contributed by atoms with Crippen LogP contribution in [0, 0.1) is 13.8 Å². The van der Waals surface area contributed by atoms with Crippen molar-refractivity contribution in [2.75, 3.05) is 13.2 Å². The van der Waals surface area contributed by atoms with Crippen LogP contribution in [-0.2, 0) is 11.2 Å². The van der Waals surface area contributed by atoms with Gasteiger partial charge in [0.15, 0.2) is 18.1 Å². The van der Waals surface area contributed by atoms with E-state index >= 15 is 0 Å². The van der Waals surface area contributed by atoms with Gasteiger partial charge in [-0.15, -0.1) is 0 Å². The van der Waals surface area contributed by atoms with Crippen molar-refractivity contribution >= 4 is 5.91 Å². The largest absolute Gasteiger partial charge is 0.504 e. The fourth-order valence-electron chi connectivity index (χ4n) is 2.29. The third kappa shape index (κ3) is 4.64. The van der Waals surface area contributed by atoms with Gasteiger partial charge in [-0.05, 0) is 49.1 Å². The summed E-state index contributed by atoms with van der Waals surface area (Å²) in [5.41, 5.74) is 2.83. The van der Waals surface area contributed by atoms with E-state index in [1.54, 1.807) is 6.07 Å². The number of phenolic OH excluding ortho intramolecular Hbond substituents is 2. The molecule has 0 bridgehead atoms. The molecule has 5 heteroatoms. The maximum Gasteiger partial charge on any atom is 0.257 e. The van der Waals surface area contributed by atoms with Gasteiger partial charge in [0, 0.05) is 6.54 Å². The summed E-state index contributed by atoms with van der Waals surface area (Å²) in [4.78, 5) is 11.8. The normalized spacial score (nSPS) is 10.3. The van der Waals surface area contributed by atoms with Crippen LogP contribution in [0.2, 0.25) is 0 Å². The summed E-state index contributed by atoms with van der Waals surface area (Å²) in [6.45, 7) is 4.28. The number of ether oxygens (including phenoxy) is 1. The Morgan fingerprint density at radius 2 is 1.78 bits per heavy atom. The molecule has 3 N–H and O–H groups in total. The van der Waals surface area contributed by atoms with E-state index in [1.165, 1.54) is 12.1 Å².